The molecule has 2 N–H and O–H groups in total. The molecular formula is C29H28N3O3S+. The Balaban J connectivity index is 1.86. The highest BCUT2D eigenvalue weighted by atomic mass is 32.1. The SMILES string of the molecule is Cc1ccc(/C(O)=C(/C(=S)Nc2cccc3ccccc23)[n+]2ccc(C(C)(C)C)cc2)cc1[N+](=O)[O-]. The maximum atomic E-state index is 11.5. The molecule has 0 aliphatic carbocycles. The lowest BCUT2D eigenvalue weighted by Crippen LogP contribution is -2.39. The molecule has 0 saturated heterocycles. The van der Waals surface area contributed by atoms with Crippen LogP contribution in [0.25, 0.3) is 22.2 Å². The lowest BCUT2D eigenvalue weighted by molar-refractivity contribution is -0.575. The van der Waals surface area contributed by atoms with Gasteiger partial charge in [0, 0.05) is 40.4 Å². The van der Waals surface area contributed by atoms with Crippen molar-refractivity contribution < 1.29 is 14.6 Å². The van der Waals surface area contributed by atoms with Gasteiger partial charge >= 0.3 is 0 Å². The van der Waals surface area contributed by atoms with Crippen molar-refractivity contribution in [2.75, 3.05) is 5.32 Å². The Labute approximate surface area is 215 Å². The van der Waals surface area contributed by atoms with Gasteiger partial charge in [0.25, 0.3) is 11.4 Å². The maximum absolute atomic E-state index is 11.5. The largest absolute Gasteiger partial charge is 0.502 e. The number of hydrogen-bond donors (Lipinski definition) is 2. The minimum atomic E-state index is -0.455. The number of benzene rings is 3. The van der Waals surface area contributed by atoms with Gasteiger partial charge in [0.1, 0.15) is 0 Å². The lowest BCUT2D eigenvalue weighted by Gasteiger charge is -2.18. The van der Waals surface area contributed by atoms with Crippen LogP contribution in [0.2, 0.25) is 0 Å². The molecule has 7 heteroatoms. The summed E-state index contributed by atoms with van der Waals surface area (Å²) in [4.78, 5) is 11.4. The van der Waals surface area contributed by atoms with E-state index >= 15 is 0 Å². The van der Waals surface area contributed by atoms with Gasteiger partial charge in [-0.15, -0.1) is 0 Å². The van der Waals surface area contributed by atoms with Crippen LogP contribution in [0, 0.1) is 17.0 Å². The maximum Gasteiger partial charge on any atom is 0.288 e. The van der Waals surface area contributed by atoms with E-state index < -0.39 is 4.92 Å². The quantitative estimate of drug-likeness (QED) is 0.0776. The van der Waals surface area contributed by atoms with Gasteiger partial charge in [0.2, 0.25) is 0 Å². The first-order valence-corrected chi connectivity index (χ1v) is 12.0. The Kier molecular flexibility index (Phi) is 6.86. The van der Waals surface area contributed by atoms with Crippen molar-refractivity contribution in [3.05, 3.63) is 112 Å². The van der Waals surface area contributed by atoms with Gasteiger partial charge in [0.05, 0.1) is 4.92 Å². The van der Waals surface area contributed by atoms with Gasteiger partial charge in [0.15, 0.2) is 23.1 Å². The number of hydrogen-bond acceptors (Lipinski definition) is 4. The first-order valence-electron chi connectivity index (χ1n) is 11.6. The first-order chi connectivity index (χ1) is 17.1. The summed E-state index contributed by atoms with van der Waals surface area (Å²) in [5.41, 5.74) is 2.93. The number of nitrogens with zero attached hydrogens (tertiary/aromatic N) is 2. The second-order valence-electron chi connectivity index (χ2n) is 9.68. The molecule has 0 amide bonds. The molecule has 0 fully saturated rings. The molecule has 182 valence electrons. The molecular weight excluding hydrogens is 470 g/mol. The average Bonchev–Trinajstić information content (AvgIpc) is 2.84. The number of nitrogens with one attached hydrogen (secondary N) is 1. The lowest BCUT2D eigenvalue weighted by atomic mass is 9.88. The molecule has 4 aromatic rings. The molecule has 0 spiro atoms. The Hall–Kier alpha value is -4.10. The second-order valence-corrected chi connectivity index (χ2v) is 10.1. The molecule has 3 aromatic carbocycles. The van der Waals surface area contributed by atoms with Crippen LogP contribution in [0.15, 0.2) is 85.2 Å². The number of fused-ring (bicyclic) bond motifs is 1. The molecule has 0 bridgehead atoms. The van der Waals surface area contributed by atoms with Crippen LogP contribution in [0.3, 0.4) is 0 Å². The number of aromatic nitrogens is 1. The van der Waals surface area contributed by atoms with Gasteiger partial charge in [-0.3, -0.25) is 10.1 Å². The number of pyridine rings is 1. The van der Waals surface area contributed by atoms with Crippen molar-refractivity contribution in [1.82, 2.24) is 0 Å². The monoisotopic (exact) mass is 498 g/mol. The number of aliphatic hydroxyl groups is 1. The molecule has 36 heavy (non-hydrogen) atoms. The summed E-state index contributed by atoms with van der Waals surface area (Å²) < 4.78 is 1.73. The fraction of sp³-hybridized carbons (Fsp3) is 0.172. The fourth-order valence-corrected chi connectivity index (χ4v) is 4.34. The van der Waals surface area contributed by atoms with E-state index in [2.05, 4.69) is 26.1 Å². The molecule has 0 atom stereocenters. The number of aliphatic hydroxyl groups excluding tert-OH is 1. The smallest absolute Gasteiger partial charge is 0.288 e. The standard InChI is InChI=1S/C29H27N3O3S/c1-19-12-13-21(18-25(19)32(34)35)27(33)26(31-16-14-22(15-17-31)29(2,3)4)28(36)30-24-11-7-9-20-8-5-6-10-23(20)24/h5-18H,1-4H3,(H-,30,33,36)/p+1. The van der Waals surface area contributed by atoms with Crippen molar-refractivity contribution in [3.8, 4) is 0 Å². The highest BCUT2D eigenvalue weighted by Crippen LogP contribution is 2.28. The average molecular weight is 499 g/mol. The molecule has 0 aliphatic rings. The number of nitro groups is 1. The van der Waals surface area contributed by atoms with Crippen LogP contribution >= 0.6 is 12.2 Å². The Morgan fingerprint density at radius 1 is 1.00 bits per heavy atom. The topological polar surface area (TPSA) is 79.3 Å². The minimum absolute atomic E-state index is 0.0513. The molecule has 0 radical (unpaired) electrons. The van der Waals surface area contributed by atoms with Gasteiger partial charge in [-0.1, -0.05) is 81.5 Å². The zero-order chi connectivity index (χ0) is 26.0. The zero-order valence-electron chi connectivity index (χ0n) is 20.6. The van der Waals surface area contributed by atoms with Crippen LogP contribution in [0.5, 0.6) is 0 Å². The van der Waals surface area contributed by atoms with Gasteiger partial charge in [-0.2, -0.15) is 4.57 Å². The van der Waals surface area contributed by atoms with E-state index in [1.807, 2.05) is 67.0 Å². The number of nitro benzene ring substituents is 1. The van der Waals surface area contributed by atoms with Gasteiger partial charge in [-0.25, -0.2) is 0 Å². The van der Waals surface area contributed by atoms with Crippen molar-refractivity contribution in [3.63, 3.8) is 0 Å². The summed E-state index contributed by atoms with van der Waals surface area (Å²) >= 11 is 5.81. The summed E-state index contributed by atoms with van der Waals surface area (Å²) in [5.74, 6) is -0.163. The van der Waals surface area contributed by atoms with Crippen molar-refractivity contribution in [1.29, 1.82) is 0 Å². The number of aryl methyl sites for hydroxylation is 1. The highest BCUT2D eigenvalue weighted by Gasteiger charge is 2.26. The summed E-state index contributed by atoms with van der Waals surface area (Å²) in [7, 11) is 0. The van der Waals surface area contributed by atoms with E-state index in [4.69, 9.17) is 12.2 Å². The summed E-state index contributed by atoms with van der Waals surface area (Å²) in [6.07, 6.45) is 3.68. The van der Waals surface area contributed by atoms with Gasteiger partial charge in [-0.05, 0) is 29.4 Å². The molecule has 4 rings (SSSR count). The minimum Gasteiger partial charge on any atom is -0.502 e. The van der Waals surface area contributed by atoms with Crippen molar-refractivity contribution in [2.45, 2.75) is 33.1 Å². The van der Waals surface area contributed by atoms with E-state index in [0.29, 0.717) is 16.8 Å². The third kappa shape index (κ3) is 5.11. The van der Waals surface area contributed by atoms with E-state index in [1.54, 1.807) is 23.6 Å². The predicted octanol–water partition coefficient (Wildman–Crippen LogP) is 6.96. The normalized spacial score (nSPS) is 12.2. The number of rotatable bonds is 5. The first kappa shape index (κ1) is 25.0. The van der Waals surface area contributed by atoms with Gasteiger partial charge < -0.3 is 10.4 Å². The third-order valence-electron chi connectivity index (χ3n) is 6.11. The third-order valence-corrected chi connectivity index (χ3v) is 6.41. The molecule has 1 heterocycles. The summed E-state index contributed by atoms with van der Waals surface area (Å²) in [5, 5.41) is 28.3. The van der Waals surface area contributed by atoms with Crippen LogP contribution in [-0.2, 0) is 5.41 Å². The van der Waals surface area contributed by atoms with E-state index in [-0.39, 0.29) is 21.9 Å². The van der Waals surface area contributed by atoms with Crippen LogP contribution < -0.4 is 9.88 Å². The molecule has 0 saturated carbocycles. The van der Waals surface area contributed by atoms with Crippen LogP contribution in [0.4, 0.5) is 11.4 Å². The van der Waals surface area contributed by atoms with E-state index in [9.17, 15) is 15.2 Å². The molecule has 6 nitrogen and oxygen atoms in total. The Bertz CT molecular complexity index is 1500. The van der Waals surface area contributed by atoms with Crippen molar-refractivity contribution in [2.24, 2.45) is 0 Å². The van der Waals surface area contributed by atoms with Crippen LogP contribution in [0.1, 0.15) is 37.5 Å². The van der Waals surface area contributed by atoms with Crippen LogP contribution in [-0.4, -0.2) is 15.0 Å². The summed E-state index contributed by atoms with van der Waals surface area (Å²) in [6.45, 7) is 8.04. The Morgan fingerprint density at radius 3 is 2.33 bits per heavy atom. The molecule has 0 unspecified atom stereocenters. The Morgan fingerprint density at radius 2 is 1.67 bits per heavy atom. The highest BCUT2D eigenvalue weighted by molar-refractivity contribution is 7.81. The fourth-order valence-electron chi connectivity index (χ4n) is 4.03. The second kappa shape index (κ2) is 9.87. The van der Waals surface area contributed by atoms with Crippen molar-refractivity contribution >= 4 is 50.8 Å². The number of anilines is 1. The predicted molar refractivity (Wildman–Crippen MR) is 149 cm³/mol. The van der Waals surface area contributed by atoms with E-state index in [0.717, 1.165) is 22.0 Å². The summed E-state index contributed by atoms with van der Waals surface area (Å²) in [6, 6.07) is 22.4. The molecule has 1 aromatic heterocycles. The number of thiocarbonyl (C=S) groups is 1. The van der Waals surface area contributed by atoms with E-state index in [1.165, 1.54) is 6.07 Å². The zero-order valence-corrected chi connectivity index (χ0v) is 21.5. The molecule has 0 aliphatic heterocycles.